The number of piperidine rings is 3. The normalized spacial score (nSPS) is 21.1. The first kappa shape index (κ1) is 25.0. The average Bonchev–Trinajstić information content (AvgIpc) is 3.35. The van der Waals surface area contributed by atoms with Gasteiger partial charge in [0, 0.05) is 61.8 Å². The molecule has 2 aromatic rings. The van der Waals surface area contributed by atoms with E-state index in [2.05, 4.69) is 20.2 Å². The van der Waals surface area contributed by atoms with E-state index in [0.29, 0.717) is 5.75 Å². The maximum atomic E-state index is 11.7. The Kier molecular flexibility index (Phi) is 7.76. The van der Waals surface area contributed by atoms with Gasteiger partial charge in [0.1, 0.15) is 0 Å². The molecule has 9 heteroatoms. The van der Waals surface area contributed by atoms with Crippen LogP contribution in [-0.4, -0.2) is 72.5 Å². The van der Waals surface area contributed by atoms with E-state index in [0.717, 1.165) is 47.7 Å². The molecule has 0 bridgehead atoms. The lowest BCUT2D eigenvalue weighted by molar-refractivity contribution is -0.385. The Balaban J connectivity index is 1.23. The maximum absolute atomic E-state index is 11.7. The van der Waals surface area contributed by atoms with Crippen LogP contribution in [-0.2, 0) is 7.05 Å². The van der Waals surface area contributed by atoms with Crippen LogP contribution in [0.4, 0.5) is 11.4 Å². The molecule has 9 nitrogen and oxygen atoms in total. The van der Waals surface area contributed by atoms with Gasteiger partial charge in [0.2, 0.25) is 0 Å². The molecule has 0 aliphatic carbocycles. The van der Waals surface area contributed by atoms with Gasteiger partial charge in [-0.2, -0.15) is 5.10 Å². The van der Waals surface area contributed by atoms with E-state index in [9.17, 15) is 10.1 Å². The molecule has 0 atom stereocenters. The molecule has 5 rings (SSSR count). The molecule has 0 saturated carbocycles. The lowest BCUT2D eigenvalue weighted by Crippen LogP contribution is -2.43. The summed E-state index contributed by atoms with van der Waals surface area (Å²) in [6.45, 7) is 8.08. The summed E-state index contributed by atoms with van der Waals surface area (Å²) in [6, 6.07) is 3.50. The van der Waals surface area contributed by atoms with Gasteiger partial charge < -0.3 is 19.9 Å². The third-order valence-corrected chi connectivity index (χ3v) is 8.66. The standard InChI is InChI=1S/C27H40N6O3/c1-30-19-23(17-29-30)24-15-26(33(34)35)27(36-2)16-25(24)32-13-7-22(8-14-32)21-5-11-31(12-6-21)18-20-3-9-28-10-4-20/h15-17,19-22,28H,3-14,18H2,1-2H3. The highest BCUT2D eigenvalue weighted by Crippen LogP contribution is 2.42. The van der Waals surface area contributed by atoms with Gasteiger partial charge in [-0.15, -0.1) is 0 Å². The van der Waals surface area contributed by atoms with Crippen LogP contribution in [0.1, 0.15) is 38.5 Å². The van der Waals surface area contributed by atoms with Crippen molar-refractivity contribution in [3.63, 3.8) is 0 Å². The second-order valence-electron chi connectivity index (χ2n) is 10.9. The van der Waals surface area contributed by atoms with Crippen molar-refractivity contribution in [2.75, 3.05) is 57.8 Å². The average molecular weight is 497 g/mol. The first-order chi connectivity index (χ1) is 17.5. The van der Waals surface area contributed by atoms with Gasteiger partial charge in [-0.25, -0.2) is 0 Å². The SMILES string of the molecule is COc1cc(N2CCC(C3CCN(CC4CCNCC4)CC3)CC2)c(-c2cnn(C)c2)cc1[N+](=O)[O-]. The predicted molar refractivity (Wildman–Crippen MR) is 142 cm³/mol. The molecule has 3 fully saturated rings. The van der Waals surface area contributed by atoms with Crippen LogP contribution < -0.4 is 15.0 Å². The fourth-order valence-corrected chi connectivity index (χ4v) is 6.57. The van der Waals surface area contributed by atoms with Crippen LogP contribution in [0.2, 0.25) is 0 Å². The van der Waals surface area contributed by atoms with Gasteiger partial charge in [0.25, 0.3) is 0 Å². The minimum atomic E-state index is -0.369. The lowest BCUT2D eigenvalue weighted by atomic mass is 9.78. The topological polar surface area (TPSA) is 88.7 Å². The van der Waals surface area contributed by atoms with Gasteiger partial charge in [0.15, 0.2) is 5.75 Å². The summed E-state index contributed by atoms with van der Waals surface area (Å²) < 4.78 is 7.15. The number of ether oxygens (including phenoxy) is 1. The molecule has 3 aliphatic heterocycles. The monoisotopic (exact) mass is 496 g/mol. The molecule has 36 heavy (non-hydrogen) atoms. The molecule has 0 amide bonds. The highest BCUT2D eigenvalue weighted by Gasteiger charge is 2.32. The van der Waals surface area contributed by atoms with E-state index in [1.807, 2.05) is 19.3 Å². The maximum Gasteiger partial charge on any atom is 0.311 e. The Morgan fingerprint density at radius 1 is 1.06 bits per heavy atom. The Labute approximate surface area is 213 Å². The van der Waals surface area contributed by atoms with Crippen LogP contribution in [0.3, 0.4) is 0 Å². The van der Waals surface area contributed by atoms with E-state index in [4.69, 9.17) is 4.74 Å². The predicted octanol–water partition coefficient (Wildman–Crippen LogP) is 3.93. The first-order valence-electron chi connectivity index (χ1n) is 13.5. The number of hydrogen-bond donors (Lipinski definition) is 1. The van der Waals surface area contributed by atoms with Gasteiger partial charge in [-0.05, 0) is 82.5 Å². The molecule has 3 aliphatic rings. The first-order valence-corrected chi connectivity index (χ1v) is 13.5. The van der Waals surface area contributed by atoms with Crippen molar-refractivity contribution in [3.05, 3.63) is 34.6 Å². The third-order valence-electron chi connectivity index (χ3n) is 8.66. The molecule has 0 unspecified atom stereocenters. The molecular formula is C27H40N6O3. The number of likely N-dealkylation sites (tertiary alicyclic amines) is 1. The second-order valence-corrected chi connectivity index (χ2v) is 10.9. The van der Waals surface area contributed by atoms with Crippen molar-refractivity contribution < 1.29 is 9.66 Å². The van der Waals surface area contributed by atoms with Crippen LogP contribution in [0.15, 0.2) is 24.5 Å². The van der Waals surface area contributed by atoms with Crippen LogP contribution in [0.25, 0.3) is 11.1 Å². The van der Waals surface area contributed by atoms with E-state index in [1.165, 1.54) is 78.4 Å². The highest BCUT2D eigenvalue weighted by atomic mass is 16.6. The number of nitro benzene ring substituents is 1. The number of rotatable bonds is 7. The molecule has 4 heterocycles. The molecule has 196 valence electrons. The van der Waals surface area contributed by atoms with Crippen molar-refractivity contribution >= 4 is 11.4 Å². The number of nitrogens with one attached hydrogen (secondary N) is 1. The lowest BCUT2D eigenvalue weighted by Gasteiger charge is -2.42. The summed E-state index contributed by atoms with van der Waals surface area (Å²) in [5.41, 5.74) is 2.73. The van der Waals surface area contributed by atoms with Crippen LogP contribution >= 0.6 is 0 Å². The quantitative estimate of drug-likeness (QED) is 0.459. The van der Waals surface area contributed by atoms with E-state index < -0.39 is 0 Å². The van der Waals surface area contributed by atoms with Crippen molar-refractivity contribution in [1.29, 1.82) is 0 Å². The van der Waals surface area contributed by atoms with Crippen molar-refractivity contribution in [2.45, 2.75) is 38.5 Å². The molecule has 1 aromatic carbocycles. The fraction of sp³-hybridized carbons (Fsp3) is 0.667. The van der Waals surface area contributed by atoms with Crippen molar-refractivity contribution in [2.24, 2.45) is 24.8 Å². The summed E-state index contributed by atoms with van der Waals surface area (Å²) in [5.74, 6) is 2.77. The van der Waals surface area contributed by atoms with E-state index in [1.54, 1.807) is 16.9 Å². The van der Waals surface area contributed by atoms with Gasteiger partial charge in [-0.1, -0.05) is 0 Å². The number of methoxy groups -OCH3 is 1. The number of aryl methyl sites for hydroxylation is 1. The summed E-state index contributed by atoms with van der Waals surface area (Å²) in [4.78, 5) is 16.4. The Hall–Kier alpha value is -2.65. The number of nitrogens with zero attached hydrogens (tertiary/aromatic N) is 5. The molecule has 3 saturated heterocycles. The second kappa shape index (κ2) is 11.2. The number of anilines is 1. The fourth-order valence-electron chi connectivity index (χ4n) is 6.57. The van der Waals surface area contributed by atoms with Crippen molar-refractivity contribution in [1.82, 2.24) is 20.0 Å². The zero-order valence-corrected chi connectivity index (χ0v) is 21.7. The summed E-state index contributed by atoms with van der Waals surface area (Å²) in [5, 5.41) is 19.5. The van der Waals surface area contributed by atoms with Crippen LogP contribution in [0, 0.1) is 27.9 Å². The molecular weight excluding hydrogens is 456 g/mol. The zero-order chi connectivity index (χ0) is 25.1. The number of benzene rings is 1. The summed E-state index contributed by atoms with van der Waals surface area (Å²) in [6.07, 6.45) is 11.3. The molecule has 0 spiro atoms. The van der Waals surface area contributed by atoms with Crippen LogP contribution in [0.5, 0.6) is 5.75 Å². The Morgan fingerprint density at radius 3 is 2.31 bits per heavy atom. The van der Waals surface area contributed by atoms with E-state index in [-0.39, 0.29) is 10.6 Å². The number of hydrogen-bond acceptors (Lipinski definition) is 7. The van der Waals surface area contributed by atoms with Gasteiger partial charge in [-0.3, -0.25) is 14.8 Å². The number of nitro groups is 1. The third kappa shape index (κ3) is 5.52. The summed E-state index contributed by atoms with van der Waals surface area (Å²) in [7, 11) is 3.36. The smallest absolute Gasteiger partial charge is 0.311 e. The minimum absolute atomic E-state index is 0.00811. The molecule has 1 aromatic heterocycles. The zero-order valence-electron chi connectivity index (χ0n) is 21.7. The number of aromatic nitrogens is 2. The van der Waals surface area contributed by atoms with Crippen molar-refractivity contribution in [3.8, 4) is 16.9 Å². The Morgan fingerprint density at radius 2 is 1.72 bits per heavy atom. The van der Waals surface area contributed by atoms with Gasteiger partial charge in [0.05, 0.1) is 18.2 Å². The molecule has 0 radical (unpaired) electrons. The Bertz CT molecular complexity index is 1030. The van der Waals surface area contributed by atoms with Gasteiger partial charge >= 0.3 is 5.69 Å². The minimum Gasteiger partial charge on any atom is -0.490 e. The van der Waals surface area contributed by atoms with E-state index >= 15 is 0 Å². The highest BCUT2D eigenvalue weighted by molar-refractivity contribution is 5.82. The summed E-state index contributed by atoms with van der Waals surface area (Å²) >= 11 is 0. The molecule has 1 N–H and O–H groups in total. The largest absolute Gasteiger partial charge is 0.490 e.